The van der Waals surface area contributed by atoms with Crippen LogP contribution in [0.1, 0.15) is 10.4 Å². The van der Waals surface area contributed by atoms with Gasteiger partial charge < -0.3 is 10.8 Å². The van der Waals surface area contributed by atoms with Crippen LogP contribution in [0.3, 0.4) is 0 Å². The third kappa shape index (κ3) is 1.40. The van der Waals surface area contributed by atoms with E-state index in [1.54, 1.807) is 36.4 Å². The van der Waals surface area contributed by atoms with Crippen LogP contribution in [0.5, 0.6) is 0 Å². The molecule has 0 aliphatic carbocycles. The third-order valence-corrected chi connectivity index (χ3v) is 2.09. The summed E-state index contributed by atoms with van der Waals surface area (Å²) in [5, 5.41) is 10.5. The van der Waals surface area contributed by atoms with Crippen molar-refractivity contribution in [3.8, 4) is 0 Å². The van der Waals surface area contributed by atoms with Gasteiger partial charge in [-0.3, -0.25) is 0 Å². The molecule has 0 aliphatic rings. The highest BCUT2D eigenvalue weighted by molar-refractivity contribution is 5.95. The van der Waals surface area contributed by atoms with Crippen LogP contribution in [0.25, 0.3) is 10.8 Å². The smallest absolute Gasteiger partial charge is 0.335 e. The van der Waals surface area contributed by atoms with Gasteiger partial charge in [-0.05, 0) is 35.0 Å². The van der Waals surface area contributed by atoms with Gasteiger partial charge in [-0.1, -0.05) is 12.1 Å². The number of fused-ring (bicyclic) bond motifs is 1. The van der Waals surface area contributed by atoms with Crippen molar-refractivity contribution in [3.05, 3.63) is 42.0 Å². The Labute approximate surface area is 80.8 Å². The summed E-state index contributed by atoms with van der Waals surface area (Å²) in [6.07, 6.45) is 0. The normalized spacial score (nSPS) is 10.3. The Hall–Kier alpha value is -2.03. The maximum Gasteiger partial charge on any atom is 0.335 e. The molecule has 0 aliphatic heterocycles. The average Bonchev–Trinajstić information content (AvgIpc) is 2.16. The predicted molar refractivity (Wildman–Crippen MR) is 53.7 cm³/mol. The molecule has 0 heterocycles. The number of carboxylic acid groups (broad SMARTS) is 1. The molecule has 0 fully saturated rings. The minimum atomic E-state index is -0.929. The fourth-order valence-electron chi connectivity index (χ4n) is 1.38. The lowest BCUT2D eigenvalue weighted by Gasteiger charge is -2.00. The van der Waals surface area contributed by atoms with Crippen LogP contribution in [0.4, 0.5) is 5.69 Å². The fraction of sp³-hybridized carbons (Fsp3) is 0. The molecule has 0 saturated heterocycles. The van der Waals surface area contributed by atoms with E-state index in [1.165, 1.54) is 0 Å². The molecule has 14 heavy (non-hydrogen) atoms. The highest BCUT2D eigenvalue weighted by Gasteiger charge is 2.03. The van der Waals surface area contributed by atoms with Gasteiger partial charge in [0.25, 0.3) is 0 Å². The first-order valence-corrected chi connectivity index (χ1v) is 4.15. The molecule has 2 aromatic rings. The topological polar surface area (TPSA) is 61.1 Å². The largest absolute Gasteiger partial charge is 0.478 e. The minimum Gasteiger partial charge on any atom is -0.478 e. The zero-order chi connectivity index (χ0) is 10.1. The summed E-state index contributed by atoms with van der Waals surface area (Å²) in [4.78, 5) is 10.7. The highest BCUT2D eigenvalue weighted by Crippen LogP contribution is 2.19. The van der Waals surface area contributed by atoms with E-state index in [0.29, 0.717) is 5.69 Å². The zero-order valence-electron chi connectivity index (χ0n) is 7.32. The standard InChI is InChI=1S/C11H8NO2/c12-10-4-3-7-5-9(11(13)14)2-1-8(7)6-10/h1-6,12H,(H,13,14). The first-order chi connectivity index (χ1) is 6.66. The number of hydrogen-bond acceptors (Lipinski definition) is 1. The molecule has 3 nitrogen and oxygen atoms in total. The van der Waals surface area contributed by atoms with Crippen molar-refractivity contribution in [1.82, 2.24) is 5.73 Å². The first kappa shape index (κ1) is 8.56. The van der Waals surface area contributed by atoms with Gasteiger partial charge in [0.05, 0.1) is 11.3 Å². The molecule has 3 heteroatoms. The van der Waals surface area contributed by atoms with Crippen LogP contribution in [0, 0.1) is 0 Å². The number of hydrogen-bond donors (Lipinski definition) is 1. The Balaban J connectivity index is 2.67. The molecule has 2 rings (SSSR count). The first-order valence-electron chi connectivity index (χ1n) is 4.15. The van der Waals surface area contributed by atoms with Crippen molar-refractivity contribution in [3.63, 3.8) is 0 Å². The van der Waals surface area contributed by atoms with Crippen LogP contribution < -0.4 is 5.73 Å². The summed E-state index contributed by atoms with van der Waals surface area (Å²) in [7, 11) is 0. The van der Waals surface area contributed by atoms with Gasteiger partial charge >= 0.3 is 5.97 Å². The van der Waals surface area contributed by atoms with Crippen LogP contribution in [-0.4, -0.2) is 11.1 Å². The summed E-state index contributed by atoms with van der Waals surface area (Å²) in [6, 6.07) is 9.98. The number of carboxylic acids is 1. The van der Waals surface area contributed by atoms with E-state index in [-0.39, 0.29) is 5.56 Å². The summed E-state index contributed by atoms with van der Waals surface area (Å²) in [6.45, 7) is 0. The lowest BCUT2D eigenvalue weighted by atomic mass is 10.1. The molecule has 0 bridgehead atoms. The van der Waals surface area contributed by atoms with Gasteiger partial charge in [0.1, 0.15) is 0 Å². The summed E-state index contributed by atoms with van der Waals surface area (Å²) >= 11 is 0. The Morgan fingerprint density at radius 3 is 2.43 bits per heavy atom. The number of rotatable bonds is 1. The summed E-state index contributed by atoms with van der Waals surface area (Å²) in [5.41, 5.74) is 8.10. The van der Waals surface area contributed by atoms with Crippen molar-refractivity contribution >= 4 is 22.4 Å². The van der Waals surface area contributed by atoms with Crippen LogP contribution >= 0.6 is 0 Å². The van der Waals surface area contributed by atoms with Crippen molar-refractivity contribution in [2.24, 2.45) is 0 Å². The molecule has 0 atom stereocenters. The molecular weight excluding hydrogens is 178 g/mol. The van der Waals surface area contributed by atoms with E-state index < -0.39 is 5.97 Å². The molecule has 0 unspecified atom stereocenters. The van der Waals surface area contributed by atoms with E-state index in [0.717, 1.165) is 10.8 Å². The lowest BCUT2D eigenvalue weighted by molar-refractivity contribution is 0.0697. The molecule has 2 N–H and O–H groups in total. The second-order valence-corrected chi connectivity index (χ2v) is 3.08. The number of carbonyl (C=O) groups is 1. The van der Waals surface area contributed by atoms with Crippen LogP contribution in [-0.2, 0) is 0 Å². The Morgan fingerprint density at radius 2 is 1.71 bits per heavy atom. The fourth-order valence-corrected chi connectivity index (χ4v) is 1.38. The number of aromatic carboxylic acids is 1. The van der Waals surface area contributed by atoms with Gasteiger partial charge in [-0.25, -0.2) is 4.79 Å². The SMILES string of the molecule is [NH]c1ccc2cc(C(=O)O)ccc2c1. The average molecular weight is 186 g/mol. The molecule has 0 saturated carbocycles. The minimum absolute atomic E-state index is 0.273. The summed E-state index contributed by atoms with van der Waals surface area (Å²) < 4.78 is 0. The van der Waals surface area contributed by atoms with Crippen LogP contribution in [0.2, 0.25) is 0 Å². The predicted octanol–water partition coefficient (Wildman–Crippen LogP) is 2.45. The molecule has 0 amide bonds. The zero-order valence-corrected chi connectivity index (χ0v) is 7.32. The van der Waals surface area contributed by atoms with Gasteiger partial charge in [0.15, 0.2) is 0 Å². The van der Waals surface area contributed by atoms with Gasteiger partial charge in [0.2, 0.25) is 0 Å². The summed E-state index contributed by atoms with van der Waals surface area (Å²) in [5.74, 6) is -0.929. The van der Waals surface area contributed by atoms with Crippen molar-refractivity contribution in [1.29, 1.82) is 0 Å². The van der Waals surface area contributed by atoms with Gasteiger partial charge in [0, 0.05) is 0 Å². The Bertz CT molecular complexity index is 506. The Morgan fingerprint density at radius 1 is 1.07 bits per heavy atom. The van der Waals surface area contributed by atoms with Crippen molar-refractivity contribution in [2.45, 2.75) is 0 Å². The number of nitrogens with one attached hydrogen (secondary N) is 1. The molecule has 69 valence electrons. The molecule has 1 radical (unpaired) electrons. The molecule has 2 aromatic carbocycles. The van der Waals surface area contributed by atoms with E-state index >= 15 is 0 Å². The molecular formula is C11H8NO2. The van der Waals surface area contributed by atoms with E-state index in [1.807, 2.05) is 0 Å². The highest BCUT2D eigenvalue weighted by atomic mass is 16.4. The van der Waals surface area contributed by atoms with E-state index in [4.69, 9.17) is 10.8 Å². The second-order valence-electron chi connectivity index (χ2n) is 3.08. The monoisotopic (exact) mass is 186 g/mol. The number of benzene rings is 2. The maximum absolute atomic E-state index is 10.7. The van der Waals surface area contributed by atoms with Gasteiger partial charge in [-0.2, -0.15) is 0 Å². The lowest BCUT2D eigenvalue weighted by Crippen LogP contribution is -1.94. The van der Waals surface area contributed by atoms with Crippen molar-refractivity contribution < 1.29 is 9.90 Å². The third-order valence-electron chi connectivity index (χ3n) is 2.09. The Kier molecular flexibility index (Phi) is 1.85. The quantitative estimate of drug-likeness (QED) is 0.743. The van der Waals surface area contributed by atoms with E-state index in [9.17, 15) is 4.79 Å². The van der Waals surface area contributed by atoms with Crippen molar-refractivity contribution in [2.75, 3.05) is 0 Å². The maximum atomic E-state index is 10.7. The molecule has 0 spiro atoms. The second kappa shape index (κ2) is 3.03. The van der Waals surface area contributed by atoms with E-state index in [2.05, 4.69) is 0 Å². The molecule has 0 aromatic heterocycles. The van der Waals surface area contributed by atoms with Crippen LogP contribution in [0.15, 0.2) is 36.4 Å². The van der Waals surface area contributed by atoms with Gasteiger partial charge in [-0.15, -0.1) is 0 Å².